The molecule has 1 aliphatic rings. The van der Waals surface area contributed by atoms with E-state index in [4.69, 9.17) is 0 Å². The van der Waals surface area contributed by atoms with E-state index in [-0.39, 0.29) is 5.82 Å². The smallest absolute Gasteiger partial charge is 0.161 e. The summed E-state index contributed by atoms with van der Waals surface area (Å²) >= 11 is 3.32. The Labute approximate surface area is 132 Å². The van der Waals surface area contributed by atoms with Gasteiger partial charge in [-0.1, -0.05) is 22.9 Å². The van der Waals surface area contributed by atoms with Crippen molar-refractivity contribution in [3.05, 3.63) is 39.7 Å². The maximum absolute atomic E-state index is 13.6. The zero-order valence-electron chi connectivity index (χ0n) is 11.9. The number of anilines is 1. The molecule has 3 nitrogen and oxygen atoms in total. The molecule has 0 saturated heterocycles. The monoisotopic (exact) mass is 349 g/mol. The van der Waals surface area contributed by atoms with Crippen molar-refractivity contribution in [2.24, 2.45) is 0 Å². The van der Waals surface area contributed by atoms with Gasteiger partial charge in [-0.05, 0) is 43.9 Å². The minimum Gasteiger partial charge on any atom is -0.370 e. The molecule has 2 aromatic rings. The molecule has 0 fully saturated rings. The van der Waals surface area contributed by atoms with Crippen LogP contribution in [0.2, 0.25) is 0 Å². The van der Waals surface area contributed by atoms with Crippen LogP contribution in [0.1, 0.15) is 31.0 Å². The molecule has 0 radical (unpaired) electrons. The number of hydrogen-bond donors (Lipinski definition) is 1. The van der Waals surface area contributed by atoms with Crippen molar-refractivity contribution in [3.8, 4) is 11.4 Å². The number of aromatic nitrogens is 2. The van der Waals surface area contributed by atoms with Crippen molar-refractivity contribution in [1.29, 1.82) is 0 Å². The van der Waals surface area contributed by atoms with Gasteiger partial charge < -0.3 is 5.32 Å². The Kier molecular flexibility index (Phi) is 4.19. The number of nitrogens with one attached hydrogen (secondary N) is 1. The summed E-state index contributed by atoms with van der Waals surface area (Å²) in [4.78, 5) is 9.26. The molecule has 1 N–H and O–H groups in total. The van der Waals surface area contributed by atoms with Crippen LogP contribution in [-0.2, 0) is 12.8 Å². The summed E-state index contributed by atoms with van der Waals surface area (Å²) < 4.78 is 14.3. The summed E-state index contributed by atoms with van der Waals surface area (Å²) in [5.41, 5.74) is 3.03. The van der Waals surface area contributed by atoms with Gasteiger partial charge in [0.2, 0.25) is 0 Å². The van der Waals surface area contributed by atoms with Gasteiger partial charge in [-0.3, -0.25) is 0 Å². The molecule has 1 aromatic heterocycles. The number of hydrogen-bond acceptors (Lipinski definition) is 3. The second-order valence-electron chi connectivity index (χ2n) is 5.26. The third kappa shape index (κ3) is 3.07. The number of halogens is 2. The lowest BCUT2D eigenvalue weighted by molar-refractivity contribution is 0.627. The molecule has 1 heterocycles. The minimum atomic E-state index is -0.286. The predicted molar refractivity (Wildman–Crippen MR) is 85.9 cm³/mol. The van der Waals surface area contributed by atoms with Crippen molar-refractivity contribution >= 4 is 21.7 Å². The fourth-order valence-corrected chi connectivity index (χ4v) is 3.10. The number of aryl methyl sites for hydroxylation is 1. The van der Waals surface area contributed by atoms with Crippen molar-refractivity contribution in [2.75, 3.05) is 11.9 Å². The van der Waals surface area contributed by atoms with Crippen LogP contribution in [0.4, 0.5) is 10.2 Å². The van der Waals surface area contributed by atoms with Crippen LogP contribution < -0.4 is 5.32 Å². The van der Waals surface area contributed by atoms with E-state index in [1.54, 1.807) is 0 Å². The molecule has 110 valence electrons. The third-order valence-corrected chi connectivity index (χ3v) is 4.05. The molecule has 0 unspecified atom stereocenters. The zero-order chi connectivity index (χ0) is 14.8. The van der Waals surface area contributed by atoms with E-state index in [1.807, 2.05) is 6.07 Å². The normalized spacial score (nSPS) is 13.3. The van der Waals surface area contributed by atoms with E-state index >= 15 is 0 Å². The molecule has 0 saturated carbocycles. The second-order valence-corrected chi connectivity index (χ2v) is 6.18. The number of rotatable bonds is 4. The highest BCUT2D eigenvalue weighted by atomic mass is 79.9. The first-order valence-electron chi connectivity index (χ1n) is 7.27. The molecule has 21 heavy (non-hydrogen) atoms. The Morgan fingerprint density at radius 1 is 1.24 bits per heavy atom. The standard InChI is InChI=1S/C16H17BrFN3/c1-2-6-19-16-13-4-3-5-14(13)20-15(21-16)10-7-11(17)9-12(18)8-10/h7-9H,2-6H2,1H3,(H,19,20,21). The van der Waals surface area contributed by atoms with Crippen LogP contribution in [-0.4, -0.2) is 16.5 Å². The van der Waals surface area contributed by atoms with Crippen molar-refractivity contribution < 1.29 is 4.39 Å². The van der Waals surface area contributed by atoms with E-state index < -0.39 is 0 Å². The largest absolute Gasteiger partial charge is 0.370 e. The second kappa shape index (κ2) is 6.10. The van der Waals surface area contributed by atoms with E-state index in [1.165, 1.54) is 17.7 Å². The third-order valence-electron chi connectivity index (χ3n) is 3.60. The number of fused-ring (bicyclic) bond motifs is 1. The average molecular weight is 350 g/mol. The Morgan fingerprint density at radius 3 is 2.86 bits per heavy atom. The average Bonchev–Trinajstić information content (AvgIpc) is 2.92. The van der Waals surface area contributed by atoms with Gasteiger partial charge in [-0.15, -0.1) is 0 Å². The van der Waals surface area contributed by atoms with Crippen molar-refractivity contribution in [1.82, 2.24) is 9.97 Å². The molecular weight excluding hydrogens is 333 g/mol. The summed E-state index contributed by atoms with van der Waals surface area (Å²) in [5.74, 6) is 1.22. The first-order chi connectivity index (χ1) is 10.2. The van der Waals surface area contributed by atoms with Gasteiger partial charge in [0.1, 0.15) is 11.6 Å². The van der Waals surface area contributed by atoms with Gasteiger partial charge in [0, 0.05) is 27.8 Å². The van der Waals surface area contributed by atoms with Crippen LogP contribution in [0.3, 0.4) is 0 Å². The quantitative estimate of drug-likeness (QED) is 0.891. The van der Waals surface area contributed by atoms with Crippen molar-refractivity contribution in [3.63, 3.8) is 0 Å². The molecule has 3 rings (SSSR count). The van der Waals surface area contributed by atoms with E-state index in [0.717, 1.165) is 43.7 Å². The Balaban J connectivity index is 2.06. The van der Waals surface area contributed by atoms with Crippen LogP contribution in [0, 0.1) is 5.82 Å². The predicted octanol–water partition coefficient (Wildman–Crippen LogP) is 4.36. The SMILES string of the molecule is CCCNc1nc(-c2cc(F)cc(Br)c2)nc2c1CCC2. The lowest BCUT2D eigenvalue weighted by atomic mass is 10.1. The molecule has 0 spiro atoms. The number of benzene rings is 1. The lowest BCUT2D eigenvalue weighted by Crippen LogP contribution is -2.08. The molecule has 5 heteroatoms. The highest BCUT2D eigenvalue weighted by molar-refractivity contribution is 9.10. The molecular formula is C16H17BrFN3. The number of nitrogens with zero attached hydrogens (tertiary/aromatic N) is 2. The molecule has 0 amide bonds. The summed E-state index contributed by atoms with van der Waals surface area (Å²) in [7, 11) is 0. The summed E-state index contributed by atoms with van der Waals surface area (Å²) in [6, 6.07) is 4.77. The Morgan fingerprint density at radius 2 is 2.10 bits per heavy atom. The van der Waals surface area contributed by atoms with Crippen LogP contribution >= 0.6 is 15.9 Å². The molecule has 1 aliphatic carbocycles. The van der Waals surface area contributed by atoms with Crippen LogP contribution in [0.25, 0.3) is 11.4 Å². The van der Waals surface area contributed by atoms with Gasteiger partial charge >= 0.3 is 0 Å². The Hall–Kier alpha value is -1.49. The molecule has 0 bridgehead atoms. The van der Waals surface area contributed by atoms with Gasteiger partial charge in [-0.2, -0.15) is 0 Å². The zero-order valence-corrected chi connectivity index (χ0v) is 13.5. The Bertz CT molecular complexity index is 653. The van der Waals surface area contributed by atoms with Gasteiger partial charge in [-0.25, -0.2) is 14.4 Å². The fraction of sp³-hybridized carbons (Fsp3) is 0.375. The fourth-order valence-electron chi connectivity index (χ4n) is 2.63. The van der Waals surface area contributed by atoms with Crippen molar-refractivity contribution in [2.45, 2.75) is 32.6 Å². The van der Waals surface area contributed by atoms with E-state index in [2.05, 4.69) is 38.1 Å². The summed E-state index contributed by atoms with van der Waals surface area (Å²) in [6.45, 7) is 3.01. The molecule has 1 aromatic carbocycles. The topological polar surface area (TPSA) is 37.8 Å². The lowest BCUT2D eigenvalue weighted by Gasteiger charge is -2.12. The van der Waals surface area contributed by atoms with E-state index in [9.17, 15) is 4.39 Å². The first-order valence-corrected chi connectivity index (χ1v) is 8.07. The van der Waals surface area contributed by atoms with Gasteiger partial charge in [0.25, 0.3) is 0 Å². The summed E-state index contributed by atoms with van der Waals surface area (Å²) in [6.07, 6.45) is 4.15. The highest BCUT2D eigenvalue weighted by Crippen LogP contribution is 2.30. The molecule has 0 aliphatic heterocycles. The maximum Gasteiger partial charge on any atom is 0.161 e. The van der Waals surface area contributed by atoms with Gasteiger partial charge in [0.05, 0.1) is 0 Å². The first kappa shape index (κ1) is 14.4. The highest BCUT2D eigenvalue weighted by Gasteiger charge is 2.20. The van der Waals surface area contributed by atoms with Crippen LogP contribution in [0.15, 0.2) is 22.7 Å². The van der Waals surface area contributed by atoms with E-state index in [0.29, 0.717) is 15.9 Å². The minimum absolute atomic E-state index is 0.286. The molecule has 0 atom stereocenters. The summed E-state index contributed by atoms with van der Waals surface area (Å²) in [5, 5.41) is 3.38. The van der Waals surface area contributed by atoms with Gasteiger partial charge in [0.15, 0.2) is 5.82 Å². The van der Waals surface area contributed by atoms with Crippen LogP contribution in [0.5, 0.6) is 0 Å². The maximum atomic E-state index is 13.6.